The van der Waals surface area contributed by atoms with Crippen molar-refractivity contribution in [1.82, 2.24) is 25.9 Å². The molecule has 0 spiro atoms. The molecule has 0 aromatic carbocycles. The van der Waals surface area contributed by atoms with Gasteiger partial charge in [0.05, 0.1) is 10.7 Å². The Morgan fingerprint density at radius 3 is 1.70 bits per heavy atom. The average molecular weight is 563 g/mol. The van der Waals surface area contributed by atoms with Gasteiger partial charge in [0.1, 0.15) is 0 Å². The quantitative estimate of drug-likeness (QED) is 0.311. The average Bonchev–Trinajstić information content (AvgIpc) is 2.92. The Hall–Kier alpha value is -2.68. The maximum Gasteiger partial charge on any atom is 0.363 e. The zero-order valence-corrected chi connectivity index (χ0v) is 22.4. The highest BCUT2D eigenvalue weighted by molar-refractivity contribution is 6.30. The van der Waals surface area contributed by atoms with Gasteiger partial charge in [0.2, 0.25) is 0 Å². The summed E-state index contributed by atoms with van der Waals surface area (Å²) in [6.07, 6.45) is 4.83. The molecule has 13 nitrogen and oxygen atoms in total. The van der Waals surface area contributed by atoms with Crippen LogP contribution in [0.3, 0.4) is 0 Å². The highest BCUT2D eigenvalue weighted by Gasteiger charge is 2.13. The zero-order valence-electron chi connectivity index (χ0n) is 20.8. The van der Waals surface area contributed by atoms with Crippen LogP contribution in [0.25, 0.3) is 0 Å². The van der Waals surface area contributed by atoms with Gasteiger partial charge in [-0.05, 0) is 38.4 Å². The van der Waals surface area contributed by atoms with Gasteiger partial charge in [0.15, 0.2) is 12.4 Å². The predicted molar refractivity (Wildman–Crippen MR) is 147 cm³/mol. The summed E-state index contributed by atoms with van der Waals surface area (Å²) in [5.74, 6) is -0.293. The highest BCUT2D eigenvalue weighted by Crippen LogP contribution is 2.16. The number of aromatic nitrogens is 2. The summed E-state index contributed by atoms with van der Waals surface area (Å²) in [7, 11) is 0. The van der Waals surface area contributed by atoms with E-state index >= 15 is 0 Å². The monoisotopic (exact) mass is 562 g/mol. The molecular weight excluding hydrogens is 527 g/mol. The predicted octanol–water partition coefficient (Wildman–Crippen LogP) is 2.42. The summed E-state index contributed by atoms with van der Waals surface area (Å²) in [6.45, 7) is 10.7. The van der Waals surface area contributed by atoms with Crippen molar-refractivity contribution < 1.29 is 15.0 Å². The van der Waals surface area contributed by atoms with Crippen LogP contribution in [-0.2, 0) is 0 Å². The molecule has 0 amide bonds. The molecule has 2 saturated heterocycles. The van der Waals surface area contributed by atoms with E-state index < -0.39 is 9.85 Å². The third-order valence-corrected chi connectivity index (χ3v) is 4.99. The van der Waals surface area contributed by atoms with Gasteiger partial charge >= 0.3 is 11.6 Å². The molecule has 0 bridgehead atoms. The Morgan fingerprint density at radius 2 is 1.38 bits per heavy atom. The van der Waals surface area contributed by atoms with Crippen molar-refractivity contribution in [3.05, 3.63) is 61.9 Å². The van der Waals surface area contributed by atoms with E-state index in [0.29, 0.717) is 11.6 Å². The number of aliphatic hydroxyl groups excluding tert-OH is 1. The van der Waals surface area contributed by atoms with Crippen molar-refractivity contribution >= 4 is 41.3 Å². The molecule has 4 heterocycles. The minimum absolute atomic E-state index is 0. The first-order valence-electron chi connectivity index (χ1n) is 11.7. The van der Waals surface area contributed by atoms with Crippen LogP contribution in [0, 0.1) is 20.2 Å². The Morgan fingerprint density at radius 1 is 0.892 bits per heavy atom. The second-order valence-corrected chi connectivity index (χ2v) is 7.97. The van der Waals surface area contributed by atoms with Crippen LogP contribution in [0.4, 0.5) is 17.3 Å². The van der Waals surface area contributed by atoms with E-state index in [2.05, 4.69) is 37.7 Å². The van der Waals surface area contributed by atoms with Gasteiger partial charge in [0.25, 0.3) is 0 Å². The van der Waals surface area contributed by atoms with Gasteiger partial charge in [-0.25, -0.2) is 0 Å². The third-order valence-electron chi connectivity index (χ3n) is 4.77. The molecule has 2 fully saturated rings. The number of nitrogens with zero attached hydrogens (tertiary/aromatic N) is 5. The van der Waals surface area contributed by atoms with Gasteiger partial charge in [0, 0.05) is 71.1 Å². The second kappa shape index (κ2) is 21.4. The number of hydrogen-bond acceptors (Lipinski definition) is 11. The fourth-order valence-corrected chi connectivity index (χ4v) is 2.95. The summed E-state index contributed by atoms with van der Waals surface area (Å²) in [4.78, 5) is 28.8. The van der Waals surface area contributed by atoms with Crippen molar-refractivity contribution in [2.24, 2.45) is 0 Å². The van der Waals surface area contributed by atoms with E-state index in [1.54, 1.807) is 12.3 Å². The molecule has 2 aliphatic heterocycles. The number of nitrogens with one attached hydrogen (secondary N) is 3. The molecular formula is C22H36Cl2N8O5. The maximum atomic E-state index is 10.4. The summed E-state index contributed by atoms with van der Waals surface area (Å²) < 4.78 is 0. The fraction of sp³-hybridized carbons (Fsp3) is 0.545. The Kier molecular flexibility index (Phi) is 19.9. The van der Waals surface area contributed by atoms with Crippen molar-refractivity contribution in [3.63, 3.8) is 0 Å². The van der Waals surface area contributed by atoms with Gasteiger partial charge in [-0.1, -0.05) is 24.9 Å². The minimum Gasteiger partial charge on any atom is -0.396 e. The molecule has 0 unspecified atom stereocenters. The number of pyridine rings is 2. The summed E-state index contributed by atoms with van der Waals surface area (Å²) >= 11 is 5.43. The second-order valence-electron chi connectivity index (χ2n) is 7.54. The van der Waals surface area contributed by atoms with E-state index in [-0.39, 0.29) is 24.0 Å². The lowest BCUT2D eigenvalue weighted by Gasteiger charge is -2.28. The normalized spacial score (nSPS) is 14.2. The first-order chi connectivity index (χ1) is 17.4. The van der Waals surface area contributed by atoms with Gasteiger partial charge in [-0.15, -0.1) is 12.4 Å². The molecule has 15 heteroatoms. The van der Waals surface area contributed by atoms with Gasteiger partial charge in [-0.2, -0.15) is 0 Å². The molecule has 37 heavy (non-hydrogen) atoms. The maximum absolute atomic E-state index is 10.4. The van der Waals surface area contributed by atoms with E-state index in [1.807, 2.05) is 0 Å². The molecule has 2 aromatic heterocycles. The fourth-order valence-electron chi connectivity index (χ4n) is 2.83. The number of halogens is 2. The zero-order chi connectivity index (χ0) is 26.6. The molecule has 0 aliphatic carbocycles. The Balaban J connectivity index is 0.000000510. The van der Waals surface area contributed by atoms with E-state index in [0.717, 1.165) is 70.9 Å². The van der Waals surface area contributed by atoms with Crippen molar-refractivity contribution in [1.29, 1.82) is 0 Å². The van der Waals surface area contributed by atoms with Crippen LogP contribution >= 0.6 is 24.0 Å². The minimum atomic E-state index is -0.573. The molecule has 4 rings (SSSR count). The SMILES string of the molecule is C1CNCCN1.CCCCO.Cl.O=[N+]([O-])c1ccc(Cl)cn1.O=[N+]([O-])c1ccc(N2CCNCC2)cn1. The lowest BCUT2D eigenvalue weighted by Crippen LogP contribution is -2.43. The molecule has 0 atom stereocenters. The number of anilines is 1. The topological polar surface area (TPSA) is 172 Å². The lowest BCUT2D eigenvalue weighted by atomic mass is 10.3. The standard InChI is InChI=1S/C9H12N4O2.C5H3ClN2O2.C4H10N2.C4H10O.ClH/c14-13(15)9-2-1-8(7-11-9)12-5-3-10-4-6-12;6-4-1-2-5(7-3-4)8(9)10;1-2-6-4-3-5-1;1-2-3-4-5;/h1-2,7,10H,3-6H2;1-3H;5-6H,1-4H2;5H,2-4H2,1H3;1H. The number of unbranched alkanes of at least 4 members (excludes halogenated alkanes) is 1. The number of piperazine rings is 2. The Labute approximate surface area is 227 Å². The third kappa shape index (κ3) is 15.9. The van der Waals surface area contributed by atoms with Crippen LogP contribution in [0.2, 0.25) is 5.02 Å². The van der Waals surface area contributed by atoms with Crippen LogP contribution in [-0.4, -0.2) is 83.9 Å². The smallest absolute Gasteiger partial charge is 0.363 e. The summed E-state index contributed by atoms with van der Waals surface area (Å²) in [6, 6.07) is 5.86. The lowest BCUT2D eigenvalue weighted by molar-refractivity contribution is -0.389. The first kappa shape index (κ1) is 34.3. The molecule has 0 radical (unpaired) electrons. The molecule has 0 saturated carbocycles. The number of aliphatic hydroxyl groups is 1. The van der Waals surface area contributed by atoms with Gasteiger partial charge in [-0.3, -0.25) is 0 Å². The van der Waals surface area contributed by atoms with Crippen LogP contribution in [0.1, 0.15) is 19.8 Å². The molecule has 2 aromatic rings. The van der Waals surface area contributed by atoms with Crippen LogP contribution < -0.4 is 20.9 Å². The number of rotatable bonds is 5. The first-order valence-corrected chi connectivity index (χ1v) is 12.1. The molecule has 4 N–H and O–H groups in total. The number of hydrogen-bond donors (Lipinski definition) is 4. The van der Waals surface area contributed by atoms with Crippen molar-refractivity contribution in [3.8, 4) is 0 Å². The summed E-state index contributed by atoms with van der Waals surface area (Å²) in [5.41, 5.74) is 0.946. The van der Waals surface area contributed by atoms with Crippen LogP contribution in [0.5, 0.6) is 0 Å². The highest BCUT2D eigenvalue weighted by atomic mass is 35.5. The van der Waals surface area contributed by atoms with E-state index in [4.69, 9.17) is 16.7 Å². The number of nitro groups is 2. The van der Waals surface area contributed by atoms with Gasteiger partial charge < -0.3 is 46.2 Å². The van der Waals surface area contributed by atoms with Crippen molar-refractivity contribution in [2.45, 2.75) is 19.8 Å². The Bertz CT molecular complexity index is 855. The molecule has 2 aliphatic rings. The van der Waals surface area contributed by atoms with Crippen LogP contribution in [0.15, 0.2) is 36.7 Å². The largest absolute Gasteiger partial charge is 0.396 e. The van der Waals surface area contributed by atoms with Crippen molar-refractivity contribution in [2.75, 3.05) is 63.9 Å². The summed E-state index contributed by atoms with van der Waals surface area (Å²) in [5, 5.41) is 38.6. The van der Waals surface area contributed by atoms with E-state index in [9.17, 15) is 20.2 Å². The van der Waals surface area contributed by atoms with E-state index in [1.165, 1.54) is 24.4 Å². The molecule has 208 valence electrons.